The number of aromatic nitrogens is 1. The number of hydrogen-bond acceptors (Lipinski definition) is 4. The normalized spacial score (nSPS) is 12.9. The van der Waals surface area contributed by atoms with Gasteiger partial charge in [-0.25, -0.2) is 0 Å². The fourth-order valence-electron chi connectivity index (χ4n) is 1.94. The summed E-state index contributed by atoms with van der Waals surface area (Å²) in [7, 11) is 2.10. The molecule has 0 aromatic carbocycles. The van der Waals surface area contributed by atoms with Crippen molar-refractivity contribution in [2.24, 2.45) is 5.73 Å². The molecule has 3 nitrogen and oxygen atoms in total. The van der Waals surface area contributed by atoms with Gasteiger partial charge in [-0.3, -0.25) is 9.88 Å². The molecule has 2 aromatic heterocycles. The first-order valence-corrected chi connectivity index (χ1v) is 7.41. The first kappa shape index (κ1) is 13.7. The Hall–Kier alpha value is -0.750. The van der Waals surface area contributed by atoms with Crippen LogP contribution in [-0.4, -0.2) is 23.5 Å². The van der Waals surface area contributed by atoms with Crippen LogP contribution in [0.1, 0.15) is 16.5 Å². The Morgan fingerprint density at radius 1 is 1.50 bits per heavy atom. The molecule has 5 heteroatoms. The van der Waals surface area contributed by atoms with Crippen LogP contribution in [-0.2, 0) is 6.54 Å². The number of nitrogens with zero attached hydrogens (tertiary/aromatic N) is 2. The van der Waals surface area contributed by atoms with Gasteiger partial charge >= 0.3 is 0 Å². The predicted molar refractivity (Wildman–Crippen MR) is 79.5 cm³/mol. The first-order valence-electron chi connectivity index (χ1n) is 5.74. The number of hydrogen-bond donors (Lipinski definition) is 1. The smallest absolute Gasteiger partial charge is 0.0486 e. The fraction of sp³-hybridized carbons (Fsp3) is 0.308. The third kappa shape index (κ3) is 3.38. The molecule has 0 aliphatic rings. The number of likely N-dealkylation sites (N-methyl/N-ethyl adjacent to an activating group) is 1. The lowest BCUT2D eigenvalue weighted by molar-refractivity contribution is 0.243. The van der Waals surface area contributed by atoms with Gasteiger partial charge in [0.1, 0.15) is 0 Å². The second-order valence-corrected chi connectivity index (χ2v) is 6.13. The highest BCUT2D eigenvalue weighted by molar-refractivity contribution is 9.10. The zero-order valence-electron chi connectivity index (χ0n) is 10.2. The van der Waals surface area contributed by atoms with E-state index in [-0.39, 0.29) is 6.04 Å². The topological polar surface area (TPSA) is 42.1 Å². The molecule has 2 N–H and O–H groups in total. The highest BCUT2D eigenvalue weighted by Crippen LogP contribution is 2.23. The Morgan fingerprint density at radius 3 is 2.94 bits per heavy atom. The van der Waals surface area contributed by atoms with Crippen LogP contribution in [0.15, 0.2) is 40.4 Å². The van der Waals surface area contributed by atoms with Crippen LogP contribution in [0.5, 0.6) is 0 Å². The molecule has 0 aliphatic heterocycles. The molecule has 18 heavy (non-hydrogen) atoms. The van der Waals surface area contributed by atoms with Gasteiger partial charge in [0.25, 0.3) is 0 Å². The summed E-state index contributed by atoms with van der Waals surface area (Å²) in [5.74, 6) is 0. The van der Waals surface area contributed by atoms with E-state index in [1.165, 1.54) is 4.88 Å². The van der Waals surface area contributed by atoms with Crippen LogP contribution in [0.25, 0.3) is 0 Å². The lowest BCUT2D eigenvalue weighted by Crippen LogP contribution is -2.30. The summed E-state index contributed by atoms with van der Waals surface area (Å²) in [5, 5.41) is 2.10. The number of pyridine rings is 1. The molecule has 0 amide bonds. The fourth-order valence-corrected chi connectivity index (χ4v) is 3.09. The van der Waals surface area contributed by atoms with Gasteiger partial charge in [-0.05, 0) is 46.1 Å². The maximum atomic E-state index is 5.90. The summed E-state index contributed by atoms with van der Waals surface area (Å²) >= 11 is 5.22. The summed E-state index contributed by atoms with van der Waals surface area (Å²) in [6, 6.07) is 6.49. The molecule has 0 aliphatic carbocycles. The first-order chi connectivity index (χ1) is 8.70. The van der Waals surface area contributed by atoms with Crippen molar-refractivity contribution in [3.63, 3.8) is 0 Å². The summed E-state index contributed by atoms with van der Waals surface area (Å²) in [6.45, 7) is 1.49. The minimum atomic E-state index is 0.192. The highest BCUT2D eigenvalue weighted by atomic mass is 79.9. The molecule has 1 unspecified atom stereocenters. The molecule has 2 heterocycles. The van der Waals surface area contributed by atoms with Crippen molar-refractivity contribution < 1.29 is 0 Å². The van der Waals surface area contributed by atoms with Crippen molar-refractivity contribution in [1.29, 1.82) is 0 Å². The van der Waals surface area contributed by atoms with Crippen molar-refractivity contribution in [2.75, 3.05) is 13.6 Å². The Bertz CT molecular complexity index is 487. The van der Waals surface area contributed by atoms with Gasteiger partial charge < -0.3 is 5.73 Å². The second kappa shape index (κ2) is 6.43. The number of rotatable bonds is 5. The number of halogens is 1. The van der Waals surface area contributed by atoms with E-state index in [1.54, 1.807) is 17.5 Å². The summed E-state index contributed by atoms with van der Waals surface area (Å²) in [5.41, 5.74) is 7.05. The highest BCUT2D eigenvalue weighted by Gasteiger charge is 2.16. The van der Waals surface area contributed by atoms with Crippen molar-refractivity contribution in [2.45, 2.75) is 12.6 Å². The zero-order chi connectivity index (χ0) is 13.0. The molecule has 0 fully saturated rings. The lowest BCUT2D eigenvalue weighted by Gasteiger charge is -2.26. The molecule has 0 bridgehead atoms. The second-order valence-electron chi connectivity index (χ2n) is 4.18. The SMILES string of the molecule is CN(Cc1cccs1)C(CN)c1cncc(Br)c1. The van der Waals surface area contributed by atoms with E-state index in [1.807, 2.05) is 6.20 Å². The van der Waals surface area contributed by atoms with Crippen molar-refractivity contribution in [1.82, 2.24) is 9.88 Å². The third-order valence-corrected chi connectivity index (χ3v) is 4.15. The van der Waals surface area contributed by atoms with Gasteiger partial charge in [0.15, 0.2) is 0 Å². The van der Waals surface area contributed by atoms with Crippen molar-refractivity contribution in [3.8, 4) is 0 Å². The molecule has 1 atom stereocenters. The minimum absolute atomic E-state index is 0.192. The quantitative estimate of drug-likeness (QED) is 0.918. The molecule has 2 rings (SSSR count). The van der Waals surface area contributed by atoms with Crippen LogP contribution < -0.4 is 5.73 Å². The molecular weight excluding hydrogens is 310 g/mol. The summed E-state index contributed by atoms with van der Waals surface area (Å²) < 4.78 is 0.989. The van der Waals surface area contributed by atoms with E-state index in [4.69, 9.17) is 5.73 Å². The predicted octanol–water partition coefficient (Wildman–Crippen LogP) is 3.04. The van der Waals surface area contributed by atoms with Crippen LogP contribution in [0.4, 0.5) is 0 Å². The van der Waals surface area contributed by atoms with Crippen LogP contribution >= 0.6 is 27.3 Å². The van der Waals surface area contributed by atoms with Gasteiger partial charge in [-0.15, -0.1) is 11.3 Å². The van der Waals surface area contributed by atoms with E-state index >= 15 is 0 Å². The van der Waals surface area contributed by atoms with E-state index in [0.29, 0.717) is 6.54 Å². The average molecular weight is 326 g/mol. The lowest BCUT2D eigenvalue weighted by atomic mass is 10.1. The Balaban J connectivity index is 2.12. The molecule has 0 saturated heterocycles. The largest absolute Gasteiger partial charge is 0.329 e. The average Bonchev–Trinajstić information content (AvgIpc) is 2.83. The molecule has 0 radical (unpaired) electrons. The standard InChI is InChI=1S/C13H16BrN3S/c1-17(9-12-3-2-4-18-12)13(6-15)10-5-11(14)8-16-7-10/h2-5,7-8,13H,6,9,15H2,1H3. The van der Waals surface area contributed by atoms with Crippen LogP contribution in [0.2, 0.25) is 0 Å². The minimum Gasteiger partial charge on any atom is -0.329 e. The molecule has 0 saturated carbocycles. The summed E-state index contributed by atoms with van der Waals surface area (Å²) in [6.07, 6.45) is 3.67. The maximum Gasteiger partial charge on any atom is 0.0486 e. The summed E-state index contributed by atoms with van der Waals surface area (Å²) in [4.78, 5) is 7.81. The molecule has 2 aromatic rings. The van der Waals surface area contributed by atoms with Crippen LogP contribution in [0.3, 0.4) is 0 Å². The zero-order valence-corrected chi connectivity index (χ0v) is 12.6. The number of nitrogens with two attached hydrogens (primary N) is 1. The van der Waals surface area contributed by atoms with Gasteiger partial charge in [0.05, 0.1) is 0 Å². The van der Waals surface area contributed by atoms with Gasteiger partial charge in [0.2, 0.25) is 0 Å². The monoisotopic (exact) mass is 325 g/mol. The Kier molecular flexibility index (Phi) is 4.88. The van der Waals surface area contributed by atoms with E-state index in [0.717, 1.165) is 16.6 Å². The van der Waals surface area contributed by atoms with Crippen molar-refractivity contribution in [3.05, 3.63) is 50.9 Å². The van der Waals surface area contributed by atoms with E-state index in [9.17, 15) is 0 Å². The number of thiophene rings is 1. The van der Waals surface area contributed by atoms with Gasteiger partial charge in [-0.2, -0.15) is 0 Å². The van der Waals surface area contributed by atoms with E-state index in [2.05, 4.69) is 56.4 Å². The van der Waals surface area contributed by atoms with E-state index < -0.39 is 0 Å². The maximum absolute atomic E-state index is 5.90. The van der Waals surface area contributed by atoms with Gasteiger partial charge in [0, 0.05) is 40.9 Å². The van der Waals surface area contributed by atoms with Crippen LogP contribution in [0, 0.1) is 0 Å². The molecule has 0 spiro atoms. The Labute approximate surface area is 120 Å². The van der Waals surface area contributed by atoms with Crippen molar-refractivity contribution >= 4 is 27.3 Å². The third-order valence-electron chi connectivity index (χ3n) is 2.85. The molecular formula is C13H16BrN3S. The Morgan fingerprint density at radius 2 is 2.33 bits per heavy atom. The molecule has 96 valence electrons. The van der Waals surface area contributed by atoms with Gasteiger partial charge in [-0.1, -0.05) is 6.07 Å².